The van der Waals surface area contributed by atoms with Crippen molar-refractivity contribution in [1.29, 1.82) is 0 Å². The fourth-order valence-corrected chi connectivity index (χ4v) is 4.61. The van der Waals surface area contributed by atoms with Gasteiger partial charge >= 0.3 is 0 Å². The molecule has 2 saturated carbocycles. The van der Waals surface area contributed by atoms with Crippen LogP contribution < -0.4 is 10.6 Å². The fraction of sp³-hybridized carbons (Fsp3) is 0.417. The van der Waals surface area contributed by atoms with Gasteiger partial charge < -0.3 is 15.6 Å². The second-order valence-electron chi connectivity index (χ2n) is 9.46. The maximum Gasteiger partial charge on any atom is 0.255 e. The highest BCUT2D eigenvalue weighted by Crippen LogP contribution is 2.41. The summed E-state index contributed by atoms with van der Waals surface area (Å²) < 4.78 is 27.7. The summed E-state index contributed by atoms with van der Waals surface area (Å²) in [5.74, 6) is -1.63. The van der Waals surface area contributed by atoms with E-state index >= 15 is 0 Å². The zero-order valence-electron chi connectivity index (χ0n) is 18.5. The molecule has 0 saturated heterocycles. The van der Waals surface area contributed by atoms with Crippen molar-refractivity contribution in [3.63, 3.8) is 0 Å². The molecule has 2 aliphatic rings. The van der Waals surface area contributed by atoms with Gasteiger partial charge in [0.1, 0.15) is 5.65 Å². The number of aromatic amines is 1. The van der Waals surface area contributed by atoms with Gasteiger partial charge in [-0.05, 0) is 36.0 Å². The maximum absolute atomic E-state index is 13.1. The van der Waals surface area contributed by atoms with Gasteiger partial charge in [-0.2, -0.15) is 10.1 Å². The van der Waals surface area contributed by atoms with Crippen LogP contribution >= 0.6 is 0 Å². The highest BCUT2D eigenvalue weighted by atomic mass is 19.3. The largest absolute Gasteiger partial charge is 0.354 e. The molecule has 8 nitrogen and oxygen atoms in total. The quantitative estimate of drug-likeness (QED) is 0.361. The van der Waals surface area contributed by atoms with Crippen molar-refractivity contribution in [2.75, 3.05) is 18.4 Å². The summed E-state index contributed by atoms with van der Waals surface area (Å²) >= 11 is 0. The summed E-state index contributed by atoms with van der Waals surface area (Å²) in [6.45, 7) is 1.11. The summed E-state index contributed by atoms with van der Waals surface area (Å²) in [5, 5.41) is 11.2. The number of nitrogens with one attached hydrogen (secondary N) is 3. The van der Waals surface area contributed by atoms with E-state index in [2.05, 4.69) is 30.7 Å². The van der Waals surface area contributed by atoms with E-state index in [4.69, 9.17) is 0 Å². The maximum atomic E-state index is 13.1. The van der Waals surface area contributed by atoms with Gasteiger partial charge in [-0.25, -0.2) is 18.3 Å². The van der Waals surface area contributed by atoms with Crippen molar-refractivity contribution in [1.82, 2.24) is 29.9 Å². The van der Waals surface area contributed by atoms with Crippen LogP contribution in [0.3, 0.4) is 0 Å². The third kappa shape index (κ3) is 4.08. The van der Waals surface area contributed by atoms with Crippen molar-refractivity contribution in [2.45, 2.75) is 38.0 Å². The molecule has 1 amide bonds. The van der Waals surface area contributed by atoms with E-state index in [1.54, 1.807) is 16.9 Å². The van der Waals surface area contributed by atoms with E-state index in [0.717, 1.165) is 41.0 Å². The van der Waals surface area contributed by atoms with E-state index in [1.807, 2.05) is 18.3 Å². The Labute approximate surface area is 194 Å². The summed E-state index contributed by atoms with van der Waals surface area (Å²) in [6.07, 6.45) is 10.4. The number of hydrogen-bond donors (Lipinski definition) is 3. The van der Waals surface area contributed by atoms with Gasteiger partial charge in [-0.1, -0.05) is 12.8 Å². The first kappa shape index (κ1) is 21.0. The number of aromatic nitrogens is 5. The number of carbonyl (C=O) groups is 1. The van der Waals surface area contributed by atoms with Gasteiger partial charge in [0.05, 0.1) is 17.3 Å². The Morgan fingerprint density at radius 1 is 1.24 bits per heavy atom. The predicted octanol–water partition coefficient (Wildman–Crippen LogP) is 4.26. The molecule has 0 radical (unpaired) electrons. The van der Waals surface area contributed by atoms with Gasteiger partial charge in [-0.3, -0.25) is 4.79 Å². The average Bonchev–Trinajstić information content (AvgIpc) is 3.37. The molecule has 0 aliphatic heterocycles. The number of alkyl halides is 2. The lowest BCUT2D eigenvalue weighted by molar-refractivity contribution is -0.108. The number of H-pyrrole nitrogens is 1. The molecule has 4 heterocycles. The van der Waals surface area contributed by atoms with Gasteiger partial charge in [0.15, 0.2) is 0 Å². The van der Waals surface area contributed by atoms with Gasteiger partial charge in [0, 0.05) is 55.5 Å². The average molecular weight is 466 g/mol. The first-order chi connectivity index (χ1) is 16.4. The van der Waals surface area contributed by atoms with Gasteiger partial charge in [-0.15, -0.1) is 0 Å². The molecule has 0 unspecified atom stereocenters. The SMILES string of the molecule is O=C(NCC1CC(F)(F)C1)c1cnn2ccc(-c3c[nH]c4nc(NCCC5CC5)ncc34)cc12. The first-order valence-corrected chi connectivity index (χ1v) is 11.7. The van der Waals surface area contributed by atoms with Crippen LogP contribution in [0, 0.1) is 11.8 Å². The summed E-state index contributed by atoms with van der Waals surface area (Å²) in [7, 11) is 0. The predicted molar refractivity (Wildman–Crippen MR) is 124 cm³/mol. The normalized spacial score (nSPS) is 17.7. The highest BCUT2D eigenvalue weighted by Gasteiger charge is 2.45. The van der Waals surface area contributed by atoms with Crippen LogP contribution in [0.2, 0.25) is 0 Å². The second kappa shape index (κ2) is 8.03. The lowest BCUT2D eigenvalue weighted by atomic mass is 9.81. The molecule has 2 fully saturated rings. The second-order valence-corrected chi connectivity index (χ2v) is 9.46. The van der Waals surface area contributed by atoms with Crippen LogP contribution in [-0.2, 0) is 0 Å². The van der Waals surface area contributed by atoms with Crippen molar-refractivity contribution in [3.8, 4) is 11.1 Å². The molecule has 3 N–H and O–H groups in total. The number of rotatable bonds is 8. The van der Waals surface area contributed by atoms with E-state index in [-0.39, 0.29) is 31.2 Å². The smallest absolute Gasteiger partial charge is 0.255 e. The first-order valence-electron chi connectivity index (χ1n) is 11.7. The molecule has 10 heteroatoms. The topological polar surface area (TPSA) is 100 Å². The molecule has 4 aromatic rings. The van der Waals surface area contributed by atoms with Gasteiger partial charge in [0.2, 0.25) is 11.9 Å². The Morgan fingerprint density at radius 3 is 2.88 bits per heavy atom. The molecule has 0 spiro atoms. The molecule has 0 aromatic carbocycles. The standard InChI is InChI=1S/C24H25F2N7O/c25-24(26)8-15(9-24)10-29-22(34)19-13-31-33-6-4-16(7-20(19)33)17-11-28-21-18(17)12-30-23(32-21)27-5-3-14-1-2-14/h4,6-7,11-15H,1-3,5,8-10H2,(H,29,34)(H2,27,28,30,32). The number of halogens is 2. The number of amides is 1. The van der Waals surface area contributed by atoms with Crippen LogP contribution in [0.1, 0.15) is 42.5 Å². The van der Waals surface area contributed by atoms with Crippen LogP contribution in [0.25, 0.3) is 27.7 Å². The van der Waals surface area contributed by atoms with Gasteiger partial charge in [0.25, 0.3) is 5.91 Å². The summed E-state index contributed by atoms with van der Waals surface area (Å²) in [5.41, 5.74) is 3.60. The minimum atomic E-state index is -2.59. The molecular weight excluding hydrogens is 440 g/mol. The number of hydrogen-bond acceptors (Lipinski definition) is 5. The summed E-state index contributed by atoms with van der Waals surface area (Å²) in [6, 6.07) is 3.81. The number of carbonyl (C=O) groups excluding carboxylic acids is 1. The number of fused-ring (bicyclic) bond motifs is 2. The van der Waals surface area contributed by atoms with E-state index in [9.17, 15) is 13.6 Å². The third-order valence-electron chi connectivity index (χ3n) is 6.77. The van der Waals surface area contributed by atoms with E-state index in [0.29, 0.717) is 17.0 Å². The Hall–Kier alpha value is -3.56. The zero-order chi connectivity index (χ0) is 23.3. The summed E-state index contributed by atoms with van der Waals surface area (Å²) in [4.78, 5) is 25.0. The van der Waals surface area contributed by atoms with Crippen molar-refractivity contribution >= 4 is 28.4 Å². The van der Waals surface area contributed by atoms with Crippen LogP contribution in [-0.4, -0.2) is 49.5 Å². The Balaban J connectivity index is 1.21. The molecule has 6 rings (SSSR count). The van der Waals surface area contributed by atoms with Crippen molar-refractivity contribution < 1.29 is 13.6 Å². The Kier molecular flexibility index (Phi) is 4.96. The van der Waals surface area contributed by atoms with E-state index in [1.165, 1.54) is 19.0 Å². The highest BCUT2D eigenvalue weighted by molar-refractivity contribution is 6.02. The molecule has 0 atom stereocenters. The third-order valence-corrected chi connectivity index (χ3v) is 6.77. The lowest BCUT2D eigenvalue weighted by Crippen LogP contribution is -2.42. The molecule has 34 heavy (non-hydrogen) atoms. The molecular formula is C24H25F2N7O. The Morgan fingerprint density at radius 2 is 2.09 bits per heavy atom. The van der Waals surface area contributed by atoms with Crippen molar-refractivity contribution in [3.05, 3.63) is 42.5 Å². The van der Waals surface area contributed by atoms with Crippen LogP contribution in [0.5, 0.6) is 0 Å². The Bertz CT molecular complexity index is 1370. The van der Waals surface area contributed by atoms with Crippen molar-refractivity contribution in [2.24, 2.45) is 11.8 Å². The number of anilines is 1. The monoisotopic (exact) mass is 465 g/mol. The number of pyridine rings is 1. The number of nitrogens with zero attached hydrogens (tertiary/aromatic N) is 4. The van der Waals surface area contributed by atoms with Crippen LogP contribution in [0.4, 0.5) is 14.7 Å². The minimum absolute atomic E-state index is 0.174. The molecule has 4 aromatic heterocycles. The minimum Gasteiger partial charge on any atom is -0.354 e. The fourth-order valence-electron chi connectivity index (χ4n) is 4.61. The molecule has 2 aliphatic carbocycles. The zero-order valence-corrected chi connectivity index (χ0v) is 18.5. The lowest BCUT2D eigenvalue weighted by Gasteiger charge is -2.34. The van der Waals surface area contributed by atoms with Crippen LogP contribution in [0.15, 0.2) is 36.9 Å². The van der Waals surface area contributed by atoms with E-state index < -0.39 is 5.92 Å². The molecule has 176 valence electrons. The molecule has 0 bridgehead atoms.